The van der Waals surface area contributed by atoms with Crippen LogP contribution in [0.15, 0.2) is 30.3 Å². The van der Waals surface area contributed by atoms with E-state index in [0.717, 1.165) is 38.5 Å². The van der Waals surface area contributed by atoms with Crippen LogP contribution in [0.5, 0.6) is 11.5 Å². The first-order valence-corrected chi connectivity index (χ1v) is 8.99. The molecule has 0 bridgehead atoms. The molecule has 8 heteroatoms. The van der Waals surface area contributed by atoms with Gasteiger partial charge in [-0.1, -0.05) is 6.92 Å². The molecule has 3 rings (SSSR count). The lowest BCUT2D eigenvalue weighted by molar-refractivity contribution is 0.102. The second-order valence-electron chi connectivity index (χ2n) is 6.22. The second kappa shape index (κ2) is 8.68. The first kappa shape index (κ1) is 18.9. The summed E-state index contributed by atoms with van der Waals surface area (Å²) in [5.41, 5.74) is 0.861. The van der Waals surface area contributed by atoms with Crippen molar-refractivity contribution in [3.63, 3.8) is 0 Å². The number of anilines is 2. The van der Waals surface area contributed by atoms with Gasteiger partial charge in [-0.2, -0.15) is 0 Å². The van der Waals surface area contributed by atoms with Crippen molar-refractivity contribution in [2.75, 3.05) is 57.2 Å². The van der Waals surface area contributed by atoms with Crippen LogP contribution in [0, 0.1) is 0 Å². The predicted molar refractivity (Wildman–Crippen MR) is 104 cm³/mol. The number of nitrogens with zero attached hydrogens (tertiary/aromatic N) is 4. The molecule has 27 heavy (non-hydrogen) atoms. The Hall–Kier alpha value is -2.87. The average molecular weight is 371 g/mol. The number of ether oxygens (including phenoxy) is 2. The standard InChI is InChI=1S/C19H25N5O3/c1-4-23-9-11-24(12-10-23)18-8-6-15(21-22-18)19(25)20-14-5-7-16(26-2)17(13-14)27-3/h5-8,13H,4,9-12H2,1-3H3,(H,20,25). The van der Waals surface area contributed by atoms with Gasteiger partial charge in [0.1, 0.15) is 0 Å². The first-order chi connectivity index (χ1) is 13.1. The Morgan fingerprint density at radius 3 is 2.37 bits per heavy atom. The molecule has 8 nitrogen and oxygen atoms in total. The van der Waals surface area contributed by atoms with Crippen LogP contribution < -0.4 is 19.7 Å². The Balaban J connectivity index is 1.64. The van der Waals surface area contributed by atoms with E-state index in [1.54, 1.807) is 38.5 Å². The Bertz CT molecular complexity index is 773. The molecule has 2 heterocycles. The van der Waals surface area contributed by atoms with Crippen LogP contribution in [-0.2, 0) is 0 Å². The van der Waals surface area contributed by atoms with Crippen LogP contribution in [0.3, 0.4) is 0 Å². The van der Waals surface area contributed by atoms with Gasteiger partial charge >= 0.3 is 0 Å². The van der Waals surface area contributed by atoms with Crippen molar-refractivity contribution in [3.8, 4) is 11.5 Å². The summed E-state index contributed by atoms with van der Waals surface area (Å²) in [6, 6.07) is 8.72. The molecule has 144 valence electrons. The molecule has 0 atom stereocenters. The third kappa shape index (κ3) is 4.46. The number of rotatable bonds is 6. The molecule has 1 N–H and O–H groups in total. The van der Waals surface area contributed by atoms with Crippen molar-refractivity contribution < 1.29 is 14.3 Å². The van der Waals surface area contributed by atoms with E-state index in [1.165, 1.54) is 0 Å². The van der Waals surface area contributed by atoms with Crippen LogP contribution in [0.25, 0.3) is 0 Å². The fourth-order valence-electron chi connectivity index (χ4n) is 3.02. The number of likely N-dealkylation sites (N-methyl/N-ethyl adjacent to an activating group) is 1. The predicted octanol–water partition coefficient (Wildman–Crippen LogP) is 1.89. The maximum Gasteiger partial charge on any atom is 0.276 e. The van der Waals surface area contributed by atoms with Gasteiger partial charge in [0.25, 0.3) is 5.91 Å². The van der Waals surface area contributed by atoms with E-state index in [1.807, 2.05) is 6.07 Å². The van der Waals surface area contributed by atoms with E-state index in [0.29, 0.717) is 17.2 Å². The van der Waals surface area contributed by atoms with Crippen molar-refractivity contribution in [2.24, 2.45) is 0 Å². The van der Waals surface area contributed by atoms with E-state index in [4.69, 9.17) is 9.47 Å². The fourth-order valence-corrected chi connectivity index (χ4v) is 3.02. The summed E-state index contributed by atoms with van der Waals surface area (Å²) in [5, 5.41) is 11.1. The minimum atomic E-state index is -0.322. The van der Waals surface area contributed by atoms with Gasteiger partial charge in [-0.15, -0.1) is 10.2 Å². The normalized spacial score (nSPS) is 14.7. The fraction of sp³-hybridized carbons (Fsp3) is 0.421. The lowest BCUT2D eigenvalue weighted by Crippen LogP contribution is -2.46. The highest BCUT2D eigenvalue weighted by Gasteiger charge is 2.18. The number of aromatic nitrogens is 2. The third-order valence-electron chi connectivity index (χ3n) is 4.67. The summed E-state index contributed by atoms with van der Waals surface area (Å²) in [4.78, 5) is 17.0. The minimum Gasteiger partial charge on any atom is -0.493 e. The zero-order valence-electron chi connectivity index (χ0n) is 15.9. The van der Waals surface area contributed by atoms with Crippen molar-refractivity contribution in [2.45, 2.75) is 6.92 Å². The molecule has 1 aliphatic heterocycles. The Kier molecular flexibility index (Phi) is 6.08. The molecule has 1 aromatic heterocycles. The first-order valence-electron chi connectivity index (χ1n) is 8.99. The lowest BCUT2D eigenvalue weighted by atomic mass is 10.2. The summed E-state index contributed by atoms with van der Waals surface area (Å²) >= 11 is 0. The zero-order valence-corrected chi connectivity index (χ0v) is 15.9. The highest BCUT2D eigenvalue weighted by atomic mass is 16.5. The second-order valence-corrected chi connectivity index (χ2v) is 6.22. The van der Waals surface area contributed by atoms with E-state index in [9.17, 15) is 4.79 Å². The van der Waals surface area contributed by atoms with E-state index in [2.05, 4.69) is 32.2 Å². The molecule has 1 saturated heterocycles. The summed E-state index contributed by atoms with van der Waals surface area (Å²) in [5.74, 6) is 1.62. The number of carbonyl (C=O) groups excluding carboxylic acids is 1. The van der Waals surface area contributed by atoms with Crippen LogP contribution in [0.1, 0.15) is 17.4 Å². The Morgan fingerprint density at radius 1 is 1.04 bits per heavy atom. The van der Waals surface area contributed by atoms with Gasteiger partial charge in [0.05, 0.1) is 14.2 Å². The maximum absolute atomic E-state index is 12.4. The van der Waals surface area contributed by atoms with Crippen molar-refractivity contribution in [1.29, 1.82) is 0 Å². The molecular formula is C19H25N5O3. The van der Waals surface area contributed by atoms with Gasteiger partial charge in [0.2, 0.25) is 0 Å². The number of benzene rings is 1. The SMILES string of the molecule is CCN1CCN(c2ccc(C(=O)Nc3ccc(OC)c(OC)c3)nn2)CC1. The molecule has 0 spiro atoms. The number of carbonyl (C=O) groups is 1. The molecule has 0 radical (unpaired) electrons. The highest BCUT2D eigenvalue weighted by molar-refractivity contribution is 6.02. The largest absolute Gasteiger partial charge is 0.493 e. The number of hydrogen-bond acceptors (Lipinski definition) is 7. The number of methoxy groups -OCH3 is 2. The van der Waals surface area contributed by atoms with Crippen molar-refractivity contribution >= 4 is 17.4 Å². The third-order valence-corrected chi connectivity index (χ3v) is 4.67. The van der Waals surface area contributed by atoms with Gasteiger partial charge in [-0.25, -0.2) is 0 Å². The number of amides is 1. The summed E-state index contributed by atoms with van der Waals surface area (Å²) in [7, 11) is 3.11. The topological polar surface area (TPSA) is 79.8 Å². The van der Waals surface area contributed by atoms with Gasteiger partial charge in [0, 0.05) is 37.9 Å². The van der Waals surface area contributed by atoms with Gasteiger partial charge in [-0.05, 0) is 30.8 Å². The Morgan fingerprint density at radius 2 is 1.78 bits per heavy atom. The van der Waals surface area contributed by atoms with E-state index < -0.39 is 0 Å². The van der Waals surface area contributed by atoms with Crippen molar-refractivity contribution in [3.05, 3.63) is 36.0 Å². The Labute approximate surface area is 159 Å². The highest BCUT2D eigenvalue weighted by Crippen LogP contribution is 2.29. The summed E-state index contributed by atoms with van der Waals surface area (Å²) in [6.07, 6.45) is 0. The van der Waals surface area contributed by atoms with Gasteiger partial charge < -0.3 is 24.6 Å². The smallest absolute Gasteiger partial charge is 0.276 e. The van der Waals surface area contributed by atoms with Crippen molar-refractivity contribution in [1.82, 2.24) is 15.1 Å². The number of hydrogen-bond donors (Lipinski definition) is 1. The molecule has 1 aliphatic rings. The van der Waals surface area contributed by atoms with E-state index in [-0.39, 0.29) is 11.6 Å². The molecule has 0 unspecified atom stereocenters. The van der Waals surface area contributed by atoms with Crippen LogP contribution in [0.2, 0.25) is 0 Å². The molecular weight excluding hydrogens is 346 g/mol. The molecule has 2 aromatic rings. The summed E-state index contributed by atoms with van der Waals surface area (Å²) in [6.45, 7) is 7.09. The van der Waals surface area contributed by atoms with Gasteiger partial charge in [-0.3, -0.25) is 4.79 Å². The summed E-state index contributed by atoms with van der Waals surface area (Å²) < 4.78 is 10.4. The monoisotopic (exact) mass is 371 g/mol. The van der Waals surface area contributed by atoms with E-state index >= 15 is 0 Å². The molecule has 1 amide bonds. The minimum absolute atomic E-state index is 0.265. The van der Waals surface area contributed by atoms with Gasteiger partial charge in [0.15, 0.2) is 23.0 Å². The molecule has 1 fully saturated rings. The molecule has 0 aliphatic carbocycles. The number of piperazine rings is 1. The molecule has 1 aromatic carbocycles. The molecule has 0 saturated carbocycles. The lowest BCUT2D eigenvalue weighted by Gasteiger charge is -2.34. The van der Waals surface area contributed by atoms with Crippen LogP contribution in [0.4, 0.5) is 11.5 Å². The zero-order chi connectivity index (χ0) is 19.2. The average Bonchev–Trinajstić information content (AvgIpc) is 2.73. The van der Waals surface area contributed by atoms with Crippen LogP contribution >= 0.6 is 0 Å². The number of nitrogens with one attached hydrogen (secondary N) is 1. The maximum atomic E-state index is 12.4. The van der Waals surface area contributed by atoms with Crippen LogP contribution in [-0.4, -0.2) is 67.9 Å². The quantitative estimate of drug-likeness (QED) is 0.830.